The van der Waals surface area contributed by atoms with Gasteiger partial charge in [-0.05, 0) is 38.0 Å². The SMILES string of the molecule is Cc1nc(N)c(C)c(Oc2ccc(CCO)cc2)n1. The molecule has 3 N–H and O–H groups in total. The van der Waals surface area contributed by atoms with Crippen molar-refractivity contribution < 1.29 is 9.84 Å². The summed E-state index contributed by atoms with van der Waals surface area (Å²) in [5.74, 6) is 2.16. The first kappa shape index (κ1) is 13.3. The summed E-state index contributed by atoms with van der Waals surface area (Å²) in [6.07, 6.45) is 0.638. The van der Waals surface area contributed by atoms with Crippen LogP contribution in [0, 0.1) is 13.8 Å². The van der Waals surface area contributed by atoms with Crippen LogP contribution in [-0.2, 0) is 6.42 Å². The Morgan fingerprint density at radius 3 is 2.47 bits per heavy atom. The van der Waals surface area contributed by atoms with Crippen molar-refractivity contribution in [1.82, 2.24) is 9.97 Å². The molecule has 0 radical (unpaired) electrons. The zero-order valence-electron chi connectivity index (χ0n) is 11.1. The molecule has 0 fully saturated rings. The van der Waals surface area contributed by atoms with Crippen molar-refractivity contribution >= 4 is 5.82 Å². The highest BCUT2D eigenvalue weighted by molar-refractivity contribution is 5.45. The van der Waals surface area contributed by atoms with Gasteiger partial charge in [-0.1, -0.05) is 12.1 Å². The molecule has 100 valence electrons. The van der Waals surface area contributed by atoms with E-state index in [1.807, 2.05) is 31.2 Å². The zero-order valence-corrected chi connectivity index (χ0v) is 11.1. The fraction of sp³-hybridized carbons (Fsp3) is 0.286. The van der Waals surface area contributed by atoms with Crippen molar-refractivity contribution in [3.8, 4) is 11.6 Å². The summed E-state index contributed by atoms with van der Waals surface area (Å²) in [7, 11) is 0. The van der Waals surface area contributed by atoms with Crippen LogP contribution in [0.15, 0.2) is 24.3 Å². The zero-order chi connectivity index (χ0) is 13.8. The number of aliphatic hydroxyl groups is 1. The number of nitrogens with zero attached hydrogens (tertiary/aromatic N) is 2. The highest BCUT2D eigenvalue weighted by atomic mass is 16.5. The average molecular weight is 259 g/mol. The molecule has 5 heteroatoms. The van der Waals surface area contributed by atoms with Crippen LogP contribution >= 0.6 is 0 Å². The second kappa shape index (κ2) is 5.67. The van der Waals surface area contributed by atoms with Gasteiger partial charge in [0.2, 0.25) is 5.88 Å². The van der Waals surface area contributed by atoms with E-state index in [1.54, 1.807) is 6.92 Å². The molecular weight excluding hydrogens is 242 g/mol. The summed E-state index contributed by atoms with van der Waals surface area (Å²) in [6.45, 7) is 3.73. The van der Waals surface area contributed by atoms with Gasteiger partial charge in [-0.15, -0.1) is 0 Å². The van der Waals surface area contributed by atoms with Crippen LogP contribution in [0.4, 0.5) is 5.82 Å². The first-order valence-electron chi connectivity index (χ1n) is 6.08. The highest BCUT2D eigenvalue weighted by Crippen LogP contribution is 2.25. The van der Waals surface area contributed by atoms with Gasteiger partial charge in [0.25, 0.3) is 0 Å². The van der Waals surface area contributed by atoms with Crippen LogP contribution in [0.3, 0.4) is 0 Å². The number of ether oxygens (including phenoxy) is 1. The number of hydrogen-bond donors (Lipinski definition) is 2. The maximum atomic E-state index is 8.86. The molecule has 5 nitrogen and oxygen atoms in total. The predicted molar refractivity (Wildman–Crippen MR) is 73.2 cm³/mol. The third-order valence-electron chi connectivity index (χ3n) is 2.79. The first-order chi connectivity index (χ1) is 9.10. The molecule has 0 aliphatic rings. The van der Waals surface area contributed by atoms with E-state index in [0.717, 1.165) is 11.1 Å². The second-order valence-electron chi connectivity index (χ2n) is 4.31. The smallest absolute Gasteiger partial charge is 0.227 e. The van der Waals surface area contributed by atoms with Crippen LogP contribution in [0.25, 0.3) is 0 Å². The molecule has 0 saturated carbocycles. The van der Waals surface area contributed by atoms with Crippen molar-refractivity contribution in [1.29, 1.82) is 0 Å². The van der Waals surface area contributed by atoms with E-state index >= 15 is 0 Å². The molecule has 0 aliphatic carbocycles. The molecule has 0 atom stereocenters. The van der Waals surface area contributed by atoms with E-state index in [9.17, 15) is 0 Å². The fourth-order valence-corrected chi connectivity index (χ4v) is 1.69. The van der Waals surface area contributed by atoms with Crippen LogP contribution in [-0.4, -0.2) is 21.7 Å². The van der Waals surface area contributed by atoms with Crippen molar-refractivity contribution in [3.05, 3.63) is 41.2 Å². The third kappa shape index (κ3) is 3.20. The molecule has 0 bridgehead atoms. The van der Waals surface area contributed by atoms with Crippen LogP contribution in [0.1, 0.15) is 17.0 Å². The summed E-state index contributed by atoms with van der Waals surface area (Å²) in [5, 5.41) is 8.86. The largest absolute Gasteiger partial charge is 0.439 e. The van der Waals surface area contributed by atoms with Crippen LogP contribution in [0.5, 0.6) is 11.6 Å². The van der Waals surface area contributed by atoms with Crippen LogP contribution < -0.4 is 10.5 Å². The van der Waals surface area contributed by atoms with Gasteiger partial charge < -0.3 is 15.6 Å². The summed E-state index contributed by atoms with van der Waals surface area (Å²) < 4.78 is 5.71. The number of hydrogen-bond acceptors (Lipinski definition) is 5. The Morgan fingerprint density at radius 2 is 1.84 bits per heavy atom. The molecule has 0 amide bonds. The minimum Gasteiger partial charge on any atom is -0.439 e. The Labute approximate surface area is 112 Å². The number of anilines is 1. The Kier molecular flexibility index (Phi) is 3.97. The number of aryl methyl sites for hydroxylation is 1. The summed E-state index contributed by atoms with van der Waals surface area (Å²) in [4.78, 5) is 8.31. The van der Waals surface area contributed by atoms with Gasteiger partial charge in [-0.3, -0.25) is 0 Å². The molecule has 1 aromatic carbocycles. The maximum Gasteiger partial charge on any atom is 0.227 e. The standard InChI is InChI=1S/C14H17N3O2/c1-9-13(15)16-10(2)17-14(9)19-12-5-3-11(4-6-12)7-8-18/h3-6,18H,7-8H2,1-2H3,(H2,15,16,17). The van der Waals surface area contributed by atoms with Gasteiger partial charge >= 0.3 is 0 Å². The normalized spacial score (nSPS) is 10.5. The van der Waals surface area contributed by atoms with Gasteiger partial charge in [-0.25, -0.2) is 4.98 Å². The van der Waals surface area contributed by atoms with Crippen molar-refractivity contribution in [2.45, 2.75) is 20.3 Å². The lowest BCUT2D eigenvalue weighted by Gasteiger charge is -2.10. The summed E-state index contributed by atoms with van der Waals surface area (Å²) >= 11 is 0. The van der Waals surface area contributed by atoms with Gasteiger partial charge in [-0.2, -0.15) is 4.98 Å². The topological polar surface area (TPSA) is 81.3 Å². The van der Waals surface area contributed by atoms with E-state index in [4.69, 9.17) is 15.6 Å². The number of rotatable bonds is 4. The van der Waals surface area contributed by atoms with E-state index in [-0.39, 0.29) is 6.61 Å². The minimum atomic E-state index is 0.140. The second-order valence-corrected chi connectivity index (χ2v) is 4.31. The summed E-state index contributed by atoms with van der Waals surface area (Å²) in [6, 6.07) is 7.52. The molecule has 0 aliphatic heterocycles. The van der Waals surface area contributed by atoms with Gasteiger partial charge in [0.1, 0.15) is 17.4 Å². The van der Waals surface area contributed by atoms with Gasteiger partial charge in [0, 0.05) is 6.61 Å². The lowest BCUT2D eigenvalue weighted by Crippen LogP contribution is -2.02. The minimum absolute atomic E-state index is 0.140. The van der Waals surface area contributed by atoms with Gasteiger partial charge in [0.15, 0.2) is 0 Å². The predicted octanol–water partition coefficient (Wildman–Crippen LogP) is 2.00. The van der Waals surface area contributed by atoms with Crippen LogP contribution in [0.2, 0.25) is 0 Å². The third-order valence-corrected chi connectivity index (χ3v) is 2.79. The molecule has 19 heavy (non-hydrogen) atoms. The number of aromatic nitrogens is 2. The lowest BCUT2D eigenvalue weighted by atomic mass is 10.1. The number of nitrogens with two attached hydrogens (primary N) is 1. The van der Waals surface area contributed by atoms with E-state index in [0.29, 0.717) is 29.7 Å². The van der Waals surface area contributed by atoms with E-state index < -0.39 is 0 Å². The number of nitrogen functional groups attached to an aromatic ring is 1. The molecule has 1 aromatic heterocycles. The Morgan fingerprint density at radius 1 is 1.16 bits per heavy atom. The molecule has 1 heterocycles. The number of aliphatic hydroxyl groups excluding tert-OH is 1. The molecular formula is C14H17N3O2. The van der Waals surface area contributed by atoms with Crippen molar-refractivity contribution in [3.63, 3.8) is 0 Å². The Balaban J connectivity index is 2.21. The Bertz CT molecular complexity index is 568. The quantitative estimate of drug-likeness (QED) is 0.877. The molecule has 0 unspecified atom stereocenters. The average Bonchev–Trinajstić information content (AvgIpc) is 2.38. The molecule has 2 aromatic rings. The van der Waals surface area contributed by atoms with Crippen molar-refractivity contribution in [2.75, 3.05) is 12.3 Å². The van der Waals surface area contributed by atoms with Gasteiger partial charge in [0.05, 0.1) is 5.56 Å². The fourth-order valence-electron chi connectivity index (χ4n) is 1.69. The Hall–Kier alpha value is -2.14. The van der Waals surface area contributed by atoms with E-state index in [2.05, 4.69) is 9.97 Å². The molecule has 0 spiro atoms. The van der Waals surface area contributed by atoms with E-state index in [1.165, 1.54) is 0 Å². The molecule has 0 saturated heterocycles. The maximum absolute atomic E-state index is 8.86. The number of benzene rings is 1. The molecule has 2 rings (SSSR count). The monoisotopic (exact) mass is 259 g/mol. The first-order valence-corrected chi connectivity index (χ1v) is 6.08. The lowest BCUT2D eigenvalue weighted by molar-refractivity contribution is 0.299. The van der Waals surface area contributed by atoms with Crippen molar-refractivity contribution in [2.24, 2.45) is 0 Å². The summed E-state index contributed by atoms with van der Waals surface area (Å²) in [5.41, 5.74) is 7.57. The highest BCUT2D eigenvalue weighted by Gasteiger charge is 2.08.